The standard InChI is InChI=1S/C17H19FN2OS/c1-20(2)15-7-3-13(4-8-15)11-19-17(21)12-22-16-9-5-14(18)6-10-16/h3-10H,11-12H2,1-2H3,(H,19,21). The van der Waals surface area contributed by atoms with Crippen molar-refractivity contribution in [2.75, 3.05) is 24.7 Å². The van der Waals surface area contributed by atoms with Gasteiger partial charge in [-0.25, -0.2) is 4.39 Å². The SMILES string of the molecule is CN(C)c1ccc(CNC(=O)CSc2ccc(F)cc2)cc1. The first kappa shape index (κ1) is 16.4. The van der Waals surface area contributed by atoms with Gasteiger partial charge < -0.3 is 10.2 Å². The molecule has 0 saturated carbocycles. The fourth-order valence-corrected chi connectivity index (χ4v) is 2.57. The number of thioether (sulfide) groups is 1. The van der Waals surface area contributed by atoms with Crippen LogP contribution in [0.1, 0.15) is 5.56 Å². The smallest absolute Gasteiger partial charge is 0.230 e. The Morgan fingerprint density at radius 1 is 1.09 bits per heavy atom. The Morgan fingerprint density at radius 2 is 1.73 bits per heavy atom. The third-order valence-electron chi connectivity index (χ3n) is 3.13. The van der Waals surface area contributed by atoms with Crippen LogP contribution in [-0.4, -0.2) is 25.8 Å². The normalized spacial score (nSPS) is 10.3. The lowest BCUT2D eigenvalue weighted by atomic mass is 10.2. The summed E-state index contributed by atoms with van der Waals surface area (Å²) in [4.78, 5) is 14.7. The topological polar surface area (TPSA) is 32.3 Å². The Labute approximate surface area is 134 Å². The Morgan fingerprint density at radius 3 is 2.32 bits per heavy atom. The van der Waals surface area contributed by atoms with Gasteiger partial charge in [-0.05, 0) is 42.0 Å². The number of anilines is 1. The van der Waals surface area contributed by atoms with E-state index >= 15 is 0 Å². The molecular formula is C17H19FN2OS. The summed E-state index contributed by atoms with van der Waals surface area (Å²) >= 11 is 1.39. The molecule has 22 heavy (non-hydrogen) atoms. The van der Waals surface area contributed by atoms with Gasteiger partial charge >= 0.3 is 0 Å². The quantitative estimate of drug-likeness (QED) is 0.830. The lowest BCUT2D eigenvalue weighted by molar-refractivity contribution is -0.118. The summed E-state index contributed by atoms with van der Waals surface area (Å²) in [5.74, 6) is 0.0162. The van der Waals surface area contributed by atoms with Gasteiger partial charge in [-0.3, -0.25) is 4.79 Å². The molecule has 1 N–H and O–H groups in total. The molecule has 0 aliphatic carbocycles. The van der Waals surface area contributed by atoms with E-state index < -0.39 is 0 Å². The molecule has 2 rings (SSSR count). The molecule has 116 valence electrons. The maximum atomic E-state index is 12.8. The van der Waals surface area contributed by atoms with Crippen LogP contribution in [0.5, 0.6) is 0 Å². The van der Waals surface area contributed by atoms with Crippen molar-refractivity contribution < 1.29 is 9.18 Å². The minimum atomic E-state index is -0.269. The van der Waals surface area contributed by atoms with Crippen LogP contribution in [0.2, 0.25) is 0 Å². The molecule has 1 amide bonds. The Balaban J connectivity index is 1.76. The van der Waals surface area contributed by atoms with Gasteiger partial charge in [0.1, 0.15) is 5.82 Å². The fourth-order valence-electron chi connectivity index (χ4n) is 1.84. The lowest BCUT2D eigenvalue weighted by Crippen LogP contribution is -2.24. The molecule has 0 aliphatic heterocycles. The molecule has 0 radical (unpaired) electrons. The second kappa shape index (κ2) is 7.84. The van der Waals surface area contributed by atoms with Gasteiger partial charge in [-0.2, -0.15) is 0 Å². The Bertz CT molecular complexity index is 612. The summed E-state index contributed by atoms with van der Waals surface area (Å²) in [7, 11) is 3.98. The van der Waals surface area contributed by atoms with E-state index in [1.54, 1.807) is 12.1 Å². The predicted octanol–water partition coefficient (Wildman–Crippen LogP) is 3.30. The lowest BCUT2D eigenvalue weighted by Gasteiger charge is -2.13. The van der Waals surface area contributed by atoms with E-state index in [4.69, 9.17) is 0 Å². The van der Waals surface area contributed by atoms with Crippen LogP contribution in [-0.2, 0) is 11.3 Å². The molecular weight excluding hydrogens is 299 g/mol. The first-order chi connectivity index (χ1) is 10.5. The minimum Gasteiger partial charge on any atom is -0.378 e. The van der Waals surface area contributed by atoms with Gasteiger partial charge in [-0.1, -0.05) is 12.1 Å². The number of amides is 1. The van der Waals surface area contributed by atoms with E-state index in [1.165, 1.54) is 23.9 Å². The number of nitrogens with one attached hydrogen (secondary N) is 1. The van der Waals surface area contributed by atoms with Gasteiger partial charge in [0, 0.05) is 31.2 Å². The van der Waals surface area contributed by atoms with Crippen LogP contribution >= 0.6 is 11.8 Å². The van der Waals surface area contributed by atoms with Crippen LogP contribution < -0.4 is 10.2 Å². The summed E-state index contributed by atoms with van der Waals surface area (Å²) < 4.78 is 12.8. The van der Waals surface area contributed by atoms with E-state index in [2.05, 4.69) is 5.32 Å². The number of hydrogen-bond acceptors (Lipinski definition) is 3. The largest absolute Gasteiger partial charge is 0.378 e. The summed E-state index contributed by atoms with van der Waals surface area (Å²) in [5.41, 5.74) is 2.19. The van der Waals surface area contributed by atoms with Crippen molar-refractivity contribution in [2.24, 2.45) is 0 Å². The molecule has 0 bridgehead atoms. The van der Waals surface area contributed by atoms with E-state index in [1.807, 2.05) is 43.3 Å². The zero-order valence-electron chi connectivity index (χ0n) is 12.7. The van der Waals surface area contributed by atoms with Crippen LogP contribution in [0.3, 0.4) is 0 Å². The zero-order chi connectivity index (χ0) is 15.9. The van der Waals surface area contributed by atoms with E-state index in [0.29, 0.717) is 12.3 Å². The average Bonchev–Trinajstić information content (AvgIpc) is 2.52. The van der Waals surface area contributed by atoms with Crippen LogP contribution in [0.25, 0.3) is 0 Å². The molecule has 0 saturated heterocycles. The van der Waals surface area contributed by atoms with Crippen molar-refractivity contribution in [3.05, 3.63) is 59.9 Å². The highest BCUT2D eigenvalue weighted by molar-refractivity contribution is 8.00. The minimum absolute atomic E-state index is 0.0361. The van der Waals surface area contributed by atoms with Gasteiger partial charge in [0.2, 0.25) is 5.91 Å². The van der Waals surface area contributed by atoms with Crippen molar-refractivity contribution in [3.8, 4) is 0 Å². The molecule has 3 nitrogen and oxygen atoms in total. The van der Waals surface area contributed by atoms with Crippen LogP contribution in [0.4, 0.5) is 10.1 Å². The van der Waals surface area contributed by atoms with E-state index in [9.17, 15) is 9.18 Å². The van der Waals surface area contributed by atoms with Crippen molar-refractivity contribution in [3.63, 3.8) is 0 Å². The van der Waals surface area contributed by atoms with E-state index in [-0.39, 0.29) is 11.7 Å². The molecule has 0 unspecified atom stereocenters. The van der Waals surface area contributed by atoms with Crippen molar-refractivity contribution in [1.29, 1.82) is 0 Å². The number of rotatable bonds is 6. The van der Waals surface area contributed by atoms with Gasteiger partial charge in [0.05, 0.1) is 5.75 Å². The van der Waals surface area contributed by atoms with Crippen LogP contribution in [0.15, 0.2) is 53.4 Å². The molecule has 2 aromatic rings. The summed E-state index contributed by atoms with van der Waals surface area (Å²) in [6, 6.07) is 14.2. The Hall–Kier alpha value is -2.01. The number of halogens is 1. The summed E-state index contributed by atoms with van der Waals surface area (Å²) in [6.45, 7) is 0.510. The van der Waals surface area contributed by atoms with Crippen molar-refractivity contribution >= 4 is 23.4 Å². The fraction of sp³-hybridized carbons (Fsp3) is 0.235. The zero-order valence-corrected chi connectivity index (χ0v) is 13.5. The molecule has 0 aliphatic rings. The number of benzene rings is 2. The summed E-state index contributed by atoms with van der Waals surface area (Å²) in [5, 5.41) is 2.88. The molecule has 0 spiro atoms. The molecule has 2 aromatic carbocycles. The van der Waals surface area contributed by atoms with Gasteiger partial charge in [0.25, 0.3) is 0 Å². The van der Waals surface area contributed by atoms with Gasteiger partial charge in [0.15, 0.2) is 0 Å². The highest BCUT2D eigenvalue weighted by Crippen LogP contribution is 2.17. The molecule has 5 heteroatoms. The third-order valence-corrected chi connectivity index (χ3v) is 4.14. The second-order valence-corrected chi connectivity index (χ2v) is 6.13. The molecule has 0 heterocycles. The molecule has 0 fully saturated rings. The van der Waals surface area contributed by atoms with Crippen molar-refractivity contribution in [1.82, 2.24) is 5.32 Å². The van der Waals surface area contributed by atoms with Gasteiger partial charge in [-0.15, -0.1) is 11.8 Å². The number of hydrogen-bond donors (Lipinski definition) is 1. The third kappa shape index (κ3) is 5.07. The average molecular weight is 318 g/mol. The number of nitrogens with zero attached hydrogens (tertiary/aromatic N) is 1. The maximum Gasteiger partial charge on any atom is 0.230 e. The first-order valence-electron chi connectivity index (χ1n) is 6.96. The number of carbonyl (C=O) groups excluding carboxylic acids is 1. The molecule has 0 aromatic heterocycles. The first-order valence-corrected chi connectivity index (χ1v) is 7.94. The second-order valence-electron chi connectivity index (χ2n) is 5.08. The predicted molar refractivity (Wildman–Crippen MR) is 89.7 cm³/mol. The maximum absolute atomic E-state index is 12.8. The highest BCUT2D eigenvalue weighted by atomic mass is 32.2. The van der Waals surface area contributed by atoms with Crippen LogP contribution in [0, 0.1) is 5.82 Å². The van der Waals surface area contributed by atoms with Crippen molar-refractivity contribution in [2.45, 2.75) is 11.4 Å². The number of carbonyl (C=O) groups is 1. The monoisotopic (exact) mass is 318 g/mol. The molecule has 0 atom stereocenters. The Kier molecular flexibility index (Phi) is 5.83. The summed E-state index contributed by atoms with van der Waals surface area (Å²) in [6.07, 6.45) is 0. The van der Waals surface area contributed by atoms with E-state index in [0.717, 1.165) is 16.1 Å². The highest BCUT2D eigenvalue weighted by Gasteiger charge is 2.03.